The molecule has 0 bridgehead atoms. The normalized spacial score (nSPS) is 11.9. The molecule has 0 spiro atoms. The predicted octanol–water partition coefficient (Wildman–Crippen LogP) is 6.66. The standard InChI is InChI=1S/C40H56O2Si2.2ClH.Zr/c1-11-13-25-43(29(3)4,30(5)6)41-39-27-33-19-15-17-21-35(33)37(39)23-24-38-36-22-18-16-20-34(36)28-40(38)42-44(31(7)8,32(9)10)26-14-12-2;;;/h11-12,15-22,27-32H,1-2,13-14,23-26H2,3-10H3;2*1H;/q-2;;;+4/p-2. The van der Waals surface area contributed by atoms with Crippen LogP contribution in [-0.2, 0) is 39.0 Å². The Morgan fingerprint density at radius 1 is 0.596 bits per heavy atom. The van der Waals surface area contributed by atoms with E-state index in [1.165, 1.54) is 32.7 Å². The van der Waals surface area contributed by atoms with Gasteiger partial charge in [-0.05, 0) is 47.1 Å². The van der Waals surface area contributed by atoms with Gasteiger partial charge in [0.05, 0.1) is 0 Å². The van der Waals surface area contributed by atoms with E-state index in [0.29, 0.717) is 22.2 Å². The Kier molecular flexibility index (Phi) is 17.8. The third-order valence-electron chi connectivity index (χ3n) is 10.4. The van der Waals surface area contributed by atoms with Crippen molar-refractivity contribution in [1.82, 2.24) is 0 Å². The Balaban J connectivity index is 0.00000368. The number of hydrogen-bond acceptors (Lipinski definition) is 2. The van der Waals surface area contributed by atoms with Gasteiger partial charge in [-0.3, -0.25) is 0 Å². The Morgan fingerprint density at radius 2 is 0.915 bits per heavy atom. The first-order chi connectivity index (χ1) is 21.0. The molecule has 0 saturated carbocycles. The molecule has 47 heavy (non-hydrogen) atoms. The summed E-state index contributed by atoms with van der Waals surface area (Å²) in [6, 6.07) is 24.5. The second kappa shape index (κ2) is 19.1. The van der Waals surface area contributed by atoms with E-state index in [9.17, 15) is 0 Å². The number of aryl methyl sites for hydroxylation is 2. The smallest absolute Gasteiger partial charge is 1.00 e. The summed E-state index contributed by atoms with van der Waals surface area (Å²) in [6.45, 7) is 27.0. The Bertz CT molecular complexity index is 1420. The van der Waals surface area contributed by atoms with E-state index in [-0.39, 0.29) is 51.0 Å². The molecule has 4 aromatic carbocycles. The van der Waals surface area contributed by atoms with Crippen molar-refractivity contribution in [2.24, 2.45) is 0 Å². The Labute approximate surface area is 319 Å². The summed E-state index contributed by atoms with van der Waals surface area (Å²) < 4.78 is 14.8. The van der Waals surface area contributed by atoms with Gasteiger partial charge in [0.2, 0.25) is 0 Å². The van der Waals surface area contributed by atoms with Crippen molar-refractivity contribution in [3.05, 3.63) is 97.1 Å². The molecule has 0 amide bonds. The molecule has 2 nitrogen and oxygen atoms in total. The van der Waals surface area contributed by atoms with Gasteiger partial charge in [0.25, 0.3) is 16.6 Å². The summed E-state index contributed by atoms with van der Waals surface area (Å²) in [4.78, 5) is 0. The average Bonchev–Trinajstić information content (AvgIpc) is 3.52. The number of halogens is 2. The van der Waals surface area contributed by atoms with Crippen LogP contribution in [-0.4, -0.2) is 16.6 Å². The second-order valence-corrected chi connectivity index (χ2v) is 23.9. The molecule has 254 valence electrons. The van der Waals surface area contributed by atoms with Crippen molar-refractivity contribution in [1.29, 1.82) is 0 Å². The summed E-state index contributed by atoms with van der Waals surface area (Å²) in [5, 5.41) is 5.19. The molecule has 0 aliphatic heterocycles. The van der Waals surface area contributed by atoms with E-state index >= 15 is 0 Å². The van der Waals surface area contributed by atoms with E-state index in [0.717, 1.165) is 49.3 Å². The minimum Gasteiger partial charge on any atom is -1.00 e. The van der Waals surface area contributed by atoms with E-state index in [4.69, 9.17) is 8.85 Å². The van der Waals surface area contributed by atoms with Crippen LogP contribution in [0.25, 0.3) is 21.5 Å². The minimum absolute atomic E-state index is 0. The van der Waals surface area contributed by atoms with Crippen LogP contribution < -0.4 is 33.7 Å². The van der Waals surface area contributed by atoms with Crippen molar-refractivity contribution in [3.8, 4) is 11.5 Å². The molecule has 0 aliphatic rings. The van der Waals surface area contributed by atoms with E-state index in [1.807, 2.05) is 0 Å². The summed E-state index contributed by atoms with van der Waals surface area (Å²) in [5.41, 5.74) is 4.72. The zero-order valence-electron chi connectivity index (χ0n) is 30.0. The topological polar surface area (TPSA) is 18.5 Å². The zero-order valence-corrected chi connectivity index (χ0v) is 35.9. The third kappa shape index (κ3) is 9.25. The minimum atomic E-state index is -2.12. The molecule has 7 heteroatoms. The molecule has 0 fully saturated rings. The molecular weight excluding hydrogens is 731 g/mol. The first-order valence-electron chi connectivity index (χ1n) is 16.9. The fraction of sp³-hybridized carbons (Fsp3) is 0.450. The number of benzene rings is 2. The van der Waals surface area contributed by atoms with Gasteiger partial charge in [0, 0.05) is 11.5 Å². The van der Waals surface area contributed by atoms with Crippen LogP contribution in [0.2, 0.25) is 34.3 Å². The van der Waals surface area contributed by atoms with Crippen LogP contribution in [0.5, 0.6) is 11.5 Å². The van der Waals surface area contributed by atoms with Gasteiger partial charge in [0.1, 0.15) is 0 Å². The monoisotopic (exact) mass is 784 g/mol. The largest absolute Gasteiger partial charge is 4.00 e. The summed E-state index contributed by atoms with van der Waals surface area (Å²) >= 11 is 0. The van der Waals surface area contributed by atoms with Crippen LogP contribution in [0.4, 0.5) is 0 Å². The summed E-state index contributed by atoms with van der Waals surface area (Å²) in [5.74, 6) is 2.20. The summed E-state index contributed by atoms with van der Waals surface area (Å²) in [7, 11) is -4.25. The van der Waals surface area contributed by atoms with Crippen molar-refractivity contribution in [2.45, 2.75) is 115 Å². The number of hydrogen-bond donors (Lipinski definition) is 0. The molecule has 0 radical (unpaired) electrons. The quantitative estimate of drug-likeness (QED) is 0.0678. The first kappa shape index (κ1) is 43.7. The van der Waals surface area contributed by atoms with Crippen LogP contribution in [0.15, 0.2) is 86.0 Å². The number of allylic oxidation sites excluding steroid dienone is 2. The molecule has 0 N–H and O–H groups in total. The maximum atomic E-state index is 7.38. The van der Waals surface area contributed by atoms with E-state index in [1.54, 1.807) is 0 Å². The van der Waals surface area contributed by atoms with Crippen molar-refractivity contribution in [2.75, 3.05) is 0 Å². The second-order valence-electron chi connectivity index (χ2n) is 14.0. The predicted molar refractivity (Wildman–Crippen MR) is 199 cm³/mol. The Morgan fingerprint density at radius 3 is 1.21 bits per heavy atom. The van der Waals surface area contributed by atoms with E-state index < -0.39 is 16.6 Å². The van der Waals surface area contributed by atoms with E-state index in [2.05, 4.69) is 141 Å². The molecule has 0 heterocycles. The molecule has 4 aromatic rings. The van der Waals surface area contributed by atoms with Gasteiger partial charge >= 0.3 is 26.2 Å². The summed E-state index contributed by atoms with van der Waals surface area (Å²) in [6.07, 6.45) is 7.96. The van der Waals surface area contributed by atoms with Gasteiger partial charge in [-0.2, -0.15) is 0 Å². The maximum absolute atomic E-state index is 7.38. The van der Waals surface area contributed by atoms with Gasteiger partial charge in [-0.1, -0.05) is 92.5 Å². The van der Waals surface area contributed by atoms with Crippen LogP contribution >= 0.6 is 0 Å². The molecule has 0 atom stereocenters. The fourth-order valence-corrected chi connectivity index (χ4v) is 16.2. The zero-order chi connectivity index (χ0) is 32.1. The molecule has 0 saturated heterocycles. The number of fused-ring (bicyclic) bond motifs is 2. The average molecular weight is 787 g/mol. The SMILES string of the molecule is C=CCC[Si](Oc1[cH-]c2ccccc2c1CCc1c(O[Si](CCC=C)(C(C)C)C(C)C)[cH-]c2ccccc12)(C(C)C)C(C)C.[Cl-].[Cl-].[Zr+4]. The number of rotatable bonds is 17. The van der Waals surface area contributed by atoms with Crippen molar-refractivity contribution in [3.63, 3.8) is 0 Å². The molecule has 4 rings (SSSR count). The van der Waals surface area contributed by atoms with Crippen LogP contribution in [0.3, 0.4) is 0 Å². The van der Waals surface area contributed by atoms with Crippen LogP contribution in [0.1, 0.15) is 79.4 Å². The fourth-order valence-electron chi connectivity index (χ4n) is 7.59. The maximum Gasteiger partial charge on any atom is 4.00 e. The molecule has 0 unspecified atom stereocenters. The van der Waals surface area contributed by atoms with Gasteiger partial charge in [-0.15, -0.1) is 94.4 Å². The van der Waals surface area contributed by atoms with Gasteiger partial charge in [0.15, 0.2) is 0 Å². The molecule has 0 aliphatic carbocycles. The van der Waals surface area contributed by atoms with Crippen molar-refractivity contribution >= 4 is 38.2 Å². The Hall–Kier alpha value is -1.36. The molecule has 0 aromatic heterocycles. The third-order valence-corrected chi connectivity index (χ3v) is 21.5. The van der Waals surface area contributed by atoms with Crippen LogP contribution in [0, 0.1) is 0 Å². The first-order valence-corrected chi connectivity index (χ1v) is 21.5. The molecular formula is C40H56Cl2O2Si2Zr. The van der Waals surface area contributed by atoms with Gasteiger partial charge in [-0.25, -0.2) is 0 Å². The van der Waals surface area contributed by atoms with Gasteiger partial charge < -0.3 is 33.7 Å². The van der Waals surface area contributed by atoms with Crippen molar-refractivity contribution < 1.29 is 59.9 Å².